The van der Waals surface area contributed by atoms with Gasteiger partial charge >= 0.3 is 6.03 Å². The van der Waals surface area contributed by atoms with Gasteiger partial charge in [-0.2, -0.15) is 8.75 Å². The van der Waals surface area contributed by atoms with E-state index in [2.05, 4.69) is 34.7 Å². The van der Waals surface area contributed by atoms with Gasteiger partial charge in [0.25, 0.3) is 10.0 Å². The molecule has 1 fully saturated rings. The largest absolute Gasteiger partial charge is 0.325 e. The van der Waals surface area contributed by atoms with Crippen molar-refractivity contribution in [2.75, 3.05) is 23.1 Å². The maximum atomic E-state index is 12.8. The molecule has 1 aromatic heterocycles. The normalized spacial score (nSPS) is 14.3. The number of rotatable bonds is 4. The predicted molar refractivity (Wildman–Crippen MR) is 117 cm³/mol. The van der Waals surface area contributed by atoms with Gasteiger partial charge < -0.3 is 10.2 Å². The molecule has 0 unspecified atom stereocenters. The van der Waals surface area contributed by atoms with Crippen LogP contribution in [0.15, 0.2) is 39.7 Å². The summed E-state index contributed by atoms with van der Waals surface area (Å²) in [4.78, 5) is 14.0. The molecule has 0 aliphatic carbocycles. The van der Waals surface area contributed by atoms with E-state index in [1.54, 1.807) is 23.1 Å². The number of amides is 2. The maximum Gasteiger partial charge on any atom is 0.321 e. The Morgan fingerprint density at radius 3 is 2.48 bits per heavy atom. The molecule has 0 radical (unpaired) electrons. The minimum Gasteiger partial charge on any atom is -0.325 e. The molecule has 0 saturated carbocycles. The molecule has 11 heteroatoms. The average molecular weight is 496 g/mol. The highest BCUT2D eigenvalue weighted by Crippen LogP contribution is 2.34. The van der Waals surface area contributed by atoms with E-state index in [-0.39, 0.29) is 10.9 Å². The summed E-state index contributed by atoms with van der Waals surface area (Å²) in [7, 11) is -3.81. The Bertz CT molecular complexity index is 1170. The second kappa shape index (κ2) is 7.88. The van der Waals surface area contributed by atoms with Crippen LogP contribution in [0.1, 0.15) is 18.4 Å². The van der Waals surface area contributed by atoms with E-state index in [1.807, 2.05) is 6.92 Å². The van der Waals surface area contributed by atoms with Crippen LogP contribution in [0.4, 0.5) is 16.2 Å². The molecule has 2 heterocycles. The highest BCUT2D eigenvalue weighted by molar-refractivity contribution is 9.10. The van der Waals surface area contributed by atoms with Crippen molar-refractivity contribution in [1.82, 2.24) is 13.6 Å². The highest BCUT2D eigenvalue weighted by atomic mass is 79.9. The summed E-state index contributed by atoms with van der Waals surface area (Å²) in [6.45, 7) is 3.34. The fraction of sp³-hybridized carbons (Fsp3) is 0.278. The van der Waals surface area contributed by atoms with Crippen LogP contribution in [-0.4, -0.2) is 41.2 Å². The number of aromatic nitrogens is 2. The van der Waals surface area contributed by atoms with E-state index in [0.29, 0.717) is 21.4 Å². The Morgan fingerprint density at radius 2 is 1.79 bits per heavy atom. The number of aryl methyl sites for hydroxylation is 1. The summed E-state index contributed by atoms with van der Waals surface area (Å²) in [6.07, 6.45) is 2.02. The lowest BCUT2D eigenvalue weighted by atomic mass is 10.2. The molecule has 1 aliphatic rings. The summed E-state index contributed by atoms with van der Waals surface area (Å²) in [6, 6.07) is 7.64. The van der Waals surface area contributed by atoms with Crippen LogP contribution in [0.25, 0.3) is 11.0 Å². The zero-order valence-corrected chi connectivity index (χ0v) is 18.7. The number of halogens is 1. The lowest BCUT2D eigenvalue weighted by Gasteiger charge is -2.16. The molecule has 0 spiro atoms. The van der Waals surface area contributed by atoms with E-state index >= 15 is 0 Å². The number of likely N-dealkylation sites (tertiary alicyclic amines) is 1. The number of carbonyl (C=O) groups excluding carboxylic acids is 1. The van der Waals surface area contributed by atoms with Crippen LogP contribution in [0.2, 0.25) is 0 Å². The summed E-state index contributed by atoms with van der Waals surface area (Å²) >= 11 is 4.49. The third-order valence-electron chi connectivity index (χ3n) is 4.72. The van der Waals surface area contributed by atoms with Gasteiger partial charge in [0.2, 0.25) is 0 Å². The first-order valence-electron chi connectivity index (χ1n) is 8.95. The molecule has 2 amide bonds. The number of sulfonamides is 1. The SMILES string of the molecule is Cc1cc(NS(=O)(=O)c2ccc(NC(=O)N3CCCC3)cc2)c(Br)c2nsnc12. The fourth-order valence-electron chi connectivity index (χ4n) is 3.19. The summed E-state index contributed by atoms with van der Waals surface area (Å²) in [5.41, 5.74) is 3.13. The maximum absolute atomic E-state index is 12.8. The molecule has 1 saturated heterocycles. The zero-order valence-electron chi connectivity index (χ0n) is 15.5. The molecular formula is C18H18BrN5O3S2. The Hall–Kier alpha value is -2.24. The Balaban J connectivity index is 1.53. The molecule has 1 aliphatic heterocycles. The van der Waals surface area contributed by atoms with Crippen molar-refractivity contribution in [3.05, 3.63) is 40.4 Å². The van der Waals surface area contributed by atoms with Crippen molar-refractivity contribution in [2.45, 2.75) is 24.7 Å². The van der Waals surface area contributed by atoms with E-state index in [0.717, 1.165) is 48.7 Å². The number of fused-ring (bicyclic) bond motifs is 1. The Kier molecular flexibility index (Phi) is 5.45. The first kappa shape index (κ1) is 20.0. The predicted octanol–water partition coefficient (Wildman–Crippen LogP) is 4.19. The van der Waals surface area contributed by atoms with Gasteiger partial charge in [0.15, 0.2) is 0 Å². The third-order valence-corrected chi connectivity index (χ3v) is 7.43. The molecule has 29 heavy (non-hydrogen) atoms. The minimum absolute atomic E-state index is 0.0951. The van der Waals surface area contributed by atoms with Crippen molar-refractivity contribution in [3.63, 3.8) is 0 Å². The zero-order chi connectivity index (χ0) is 20.6. The summed E-state index contributed by atoms with van der Waals surface area (Å²) in [5, 5.41) is 2.80. The van der Waals surface area contributed by atoms with Gasteiger partial charge in [-0.05, 0) is 71.6 Å². The van der Waals surface area contributed by atoms with Crippen LogP contribution in [0.3, 0.4) is 0 Å². The summed E-state index contributed by atoms with van der Waals surface area (Å²) < 4.78 is 37.2. The van der Waals surface area contributed by atoms with Gasteiger partial charge in [0.1, 0.15) is 11.0 Å². The number of hydrogen-bond donors (Lipinski definition) is 2. The quantitative estimate of drug-likeness (QED) is 0.564. The Labute approximate surface area is 180 Å². The van der Waals surface area contributed by atoms with Crippen LogP contribution in [0, 0.1) is 6.92 Å². The van der Waals surface area contributed by atoms with Crippen molar-refractivity contribution >= 4 is 66.1 Å². The monoisotopic (exact) mass is 495 g/mol. The van der Waals surface area contributed by atoms with Crippen LogP contribution in [-0.2, 0) is 10.0 Å². The van der Waals surface area contributed by atoms with Crippen molar-refractivity contribution < 1.29 is 13.2 Å². The van der Waals surface area contributed by atoms with Crippen LogP contribution in [0.5, 0.6) is 0 Å². The smallest absolute Gasteiger partial charge is 0.321 e. The number of hydrogen-bond acceptors (Lipinski definition) is 6. The molecule has 2 aromatic carbocycles. The first-order valence-corrected chi connectivity index (χ1v) is 12.0. The molecule has 0 bridgehead atoms. The number of urea groups is 1. The fourth-order valence-corrected chi connectivity index (χ4v) is 5.60. The van der Waals surface area contributed by atoms with Gasteiger partial charge in [-0.25, -0.2) is 13.2 Å². The summed E-state index contributed by atoms with van der Waals surface area (Å²) in [5.74, 6) is 0. The van der Waals surface area contributed by atoms with Crippen molar-refractivity contribution in [2.24, 2.45) is 0 Å². The molecule has 2 N–H and O–H groups in total. The number of benzene rings is 2. The van der Waals surface area contributed by atoms with E-state index < -0.39 is 10.0 Å². The van der Waals surface area contributed by atoms with Crippen molar-refractivity contribution in [1.29, 1.82) is 0 Å². The first-order chi connectivity index (χ1) is 13.8. The standard InChI is InChI=1S/C18H18BrN5O3S2/c1-11-10-14(15(19)17-16(11)21-28-22-17)23-29(26,27)13-6-4-12(5-7-13)20-18(25)24-8-2-3-9-24/h4-7,10,23H,2-3,8-9H2,1H3,(H,20,25). The van der Waals surface area contributed by atoms with Gasteiger partial charge in [0, 0.05) is 18.8 Å². The van der Waals surface area contributed by atoms with E-state index in [9.17, 15) is 13.2 Å². The number of nitrogens with one attached hydrogen (secondary N) is 2. The number of nitrogens with zero attached hydrogens (tertiary/aromatic N) is 3. The van der Waals surface area contributed by atoms with Gasteiger partial charge in [-0.15, -0.1) is 0 Å². The number of carbonyl (C=O) groups is 1. The molecule has 0 atom stereocenters. The third kappa shape index (κ3) is 4.07. The lowest BCUT2D eigenvalue weighted by molar-refractivity contribution is 0.222. The van der Waals surface area contributed by atoms with Crippen LogP contribution >= 0.6 is 27.7 Å². The van der Waals surface area contributed by atoms with Crippen LogP contribution < -0.4 is 10.0 Å². The Morgan fingerprint density at radius 1 is 1.14 bits per heavy atom. The minimum atomic E-state index is -3.81. The van der Waals surface area contributed by atoms with Gasteiger partial charge in [0.05, 0.1) is 26.8 Å². The highest BCUT2D eigenvalue weighted by Gasteiger charge is 2.20. The molecule has 8 nitrogen and oxygen atoms in total. The van der Waals surface area contributed by atoms with Gasteiger partial charge in [-0.3, -0.25) is 4.72 Å². The second-order valence-corrected chi connectivity index (χ2v) is 9.77. The molecule has 152 valence electrons. The topological polar surface area (TPSA) is 104 Å². The molecular weight excluding hydrogens is 478 g/mol. The average Bonchev–Trinajstić information content (AvgIpc) is 3.38. The molecule has 4 rings (SSSR count). The van der Waals surface area contributed by atoms with E-state index in [1.165, 1.54) is 12.1 Å². The second-order valence-electron chi connectivity index (χ2n) is 6.77. The number of anilines is 2. The van der Waals surface area contributed by atoms with Gasteiger partial charge in [-0.1, -0.05) is 0 Å². The molecule has 3 aromatic rings. The lowest BCUT2D eigenvalue weighted by Crippen LogP contribution is -2.32. The van der Waals surface area contributed by atoms with E-state index in [4.69, 9.17) is 0 Å². The van der Waals surface area contributed by atoms with Crippen molar-refractivity contribution in [3.8, 4) is 0 Å².